The molecule has 0 aliphatic carbocycles. The predicted molar refractivity (Wildman–Crippen MR) is 77.1 cm³/mol. The SMILES string of the molecule is COc1ccc(Cn2cc(Br)ccc2=O)cc1OC. The van der Waals surface area contributed by atoms with Crippen molar-refractivity contribution < 1.29 is 9.47 Å². The van der Waals surface area contributed by atoms with Gasteiger partial charge in [0.25, 0.3) is 5.56 Å². The number of ether oxygens (including phenoxy) is 2. The van der Waals surface area contributed by atoms with E-state index in [1.807, 2.05) is 18.2 Å². The first-order valence-electron chi connectivity index (χ1n) is 5.71. The molecule has 0 saturated carbocycles. The fraction of sp³-hybridized carbons (Fsp3) is 0.214. The maximum Gasteiger partial charge on any atom is 0.250 e. The van der Waals surface area contributed by atoms with E-state index in [4.69, 9.17) is 9.47 Å². The highest BCUT2D eigenvalue weighted by Crippen LogP contribution is 2.27. The van der Waals surface area contributed by atoms with E-state index in [1.54, 1.807) is 31.0 Å². The van der Waals surface area contributed by atoms with Crippen LogP contribution >= 0.6 is 15.9 Å². The number of aromatic nitrogens is 1. The summed E-state index contributed by atoms with van der Waals surface area (Å²) in [6.07, 6.45) is 1.76. The molecule has 0 radical (unpaired) electrons. The molecule has 0 spiro atoms. The minimum Gasteiger partial charge on any atom is -0.493 e. The number of rotatable bonds is 4. The zero-order valence-electron chi connectivity index (χ0n) is 10.7. The lowest BCUT2D eigenvalue weighted by Gasteiger charge is -2.11. The summed E-state index contributed by atoms with van der Waals surface area (Å²) in [5.41, 5.74) is 0.927. The van der Waals surface area contributed by atoms with E-state index in [0.29, 0.717) is 18.0 Å². The molecule has 1 heterocycles. The Hall–Kier alpha value is -1.75. The molecule has 4 nitrogen and oxygen atoms in total. The lowest BCUT2D eigenvalue weighted by Crippen LogP contribution is -2.18. The second kappa shape index (κ2) is 5.93. The van der Waals surface area contributed by atoms with Gasteiger partial charge in [0.05, 0.1) is 20.8 Å². The number of pyridine rings is 1. The summed E-state index contributed by atoms with van der Waals surface area (Å²) >= 11 is 3.36. The maximum atomic E-state index is 11.7. The molecule has 19 heavy (non-hydrogen) atoms. The highest BCUT2D eigenvalue weighted by atomic mass is 79.9. The molecule has 0 fully saturated rings. The van der Waals surface area contributed by atoms with Crippen molar-refractivity contribution in [3.8, 4) is 11.5 Å². The lowest BCUT2D eigenvalue weighted by atomic mass is 10.2. The van der Waals surface area contributed by atoms with Crippen molar-refractivity contribution in [2.45, 2.75) is 6.54 Å². The number of nitrogens with zero attached hydrogens (tertiary/aromatic N) is 1. The summed E-state index contributed by atoms with van der Waals surface area (Å²) in [4.78, 5) is 11.7. The van der Waals surface area contributed by atoms with Crippen LogP contribution in [0.4, 0.5) is 0 Å². The minimum absolute atomic E-state index is 0.0435. The Bertz CT molecular complexity index is 637. The predicted octanol–water partition coefficient (Wildman–Crippen LogP) is 2.68. The second-order valence-corrected chi connectivity index (χ2v) is 4.92. The van der Waals surface area contributed by atoms with Crippen LogP contribution < -0.4 is 15.0 Å². The molecular formula is C14H14BrNO3. The van der Waals surface area contributed by atoms with Gasteiger partial charge in [-0.25, -0.2) is 0 Å². The fourth-order valence-electron chi connectivity index (χ4n) is 1.80. The van der Waals surface area contributed by atoms with E-state index in [0.717, 1.165) is 10.0 Å². The normalized spacial score (nSPS) is 10.3. The first-order chi connectivity index (χ1) is 9.13. The molecule has 1 aromatic carbocycles. The monoisotopic (exact) mass is 323 g/mol. The summed E-state index contributed by atoms with van der Waals surface area (Å²) in [6, 6.07) is 8.87. The van der Waals surface area contributed by atoms with Crippen LogP contribution in [0, 0.1) is 0 Å². The van der Waals surface area contributed by atoms with Crippen molar-refractivity contribution in [3.63, 3.8) is 0 Å². The molecule has 2 rings (SSSR count). The van der Waals surface area contributed by atoms with Crippen molar-refractivity contribution in [2.75, 3.05) is 14.2 Å². The van der Waals surface area contributed by atoms with Gasteiger partial charge in [-0.2, -0.15) is 0 Å². The highest BCUT2D eigenvalue weighted by molar-refractivity contribution is 9.10. The first kappa shape index (κ1) is 13.7. The Morgan fingerprint density at radius 1 is 1.11 bits per heavy atom. The van der Waals surface area contributed by atoms with E-state index in [9.17, 15) is 4.79 Å². The van der Waals surface area contributed by atoms with Crippen LogP contribution in [0.3, 0.4) is 0 Å². The average Bonchev–Trinajstić information content (AvgIpc) is 2.42. The third kappa shape index (κ3) is 3.17. The summed E-state index contributed by atoms with van der Waals surface area (Å²) in [7, 11) is 3.18. The second-order valence-electron chi connectivity index (χ2n) is 4.00. The third-order valence-corrected chi connectivity index (χ3v) is 3.22. The van der Waals surface area contributed by atoms with E-state index in [2.05, 4.69) is 15.9 Å². The van der Waals surface area contributed by atoms with Gasteiger partial charge in [-0.3, -0.25) is 4.79 Å². The Morgan fingerprint density at radius 2 is 1.84 bits per heavy atom. The molecule has 100 valence electrons. The largest absolute Gasteiger partial charge is 0.493 e. The van der Waals surface area contributed by atoms with Gasteiger partial charge < -0.3 is 14.0 Å². The molecule has 0 saturated heterocycles. The van der Waals surface area contributed by atoms with Gasteiger partial charge >= 0.3 is 0 Å². The van der Waals surface area contributed by atoms with Gasteiger partial charge in [-0.15, -0.1) is 0 Å². The third-order valence-electron chi connectivity index (χ3n) is 2.75. The van der Waals surface area contributed by atoms with E-state index < -0.39 is 0 Å². The van der Waals surface area contributed by atoms with E-state index in [1.165, 1.54) is 6.07 Å². The van der Waals surface area contributed by atoms with Crippen LogP contribution in [0.15, 0.2) is 45.8 Å². The van der Waals surface area contributed by atoms with Crippen LogP contribution in [-0.2, 0) is 6.54 Å². The van der Waals surface area contributed by atoms with Crippen molar-refractivity contribution in [2.24, 2.45) is 0 Å². The smallest absolute Gasteiger partial charge is 0.250 e. The van der Waals surface area contributed by atoms with Gasteiger partial charge in [0.2, 0.25) is 0 Å². The van der Waals surface area contributed by atoms with Crippen LogP contribution in [0.2, 0.25) is 0 Å². The zero-order valence-corrected chi connectivity index (χ0v) is 12.3. The highest BCUT2D eigenvalue weighted by Gasteiger charge is 2.05. The molecule has 0 bridgehead atoms. The molecule has 2 aromatic rings. The van der Waals surface area contributed by atoms with Gasteiger partial charge in [-0.1, -0.05) is 6.07 Å². The van der Waals surface area contributed by atoms with Crippen molar-refractivity contribution >= 4 is 15.9 Å². The zero-order chi connectivity index (χ0) is 13.8. The number of hydrogen-bond donors (Lipinski definition) is 0. The fourth-order valence-corrected chi connectivity index (χ4v) is 2.18. The standard InChI is InChI=1S/C14H14BrNO3/c1-18-12-5-3-10(7-13(12)19-2)8-16-9-11(15)4-6-14(16)17/h3-7,9H,8H2,1-2H3. The first-order valence-corrected chi connectivity index (χ1v) is 6.50. The van der Waals surface area contributed by atoms with Gasteiger partial charge in [0, 0.05) is 16.7 Å². The van der Waals surface area contributed by atoms with E-state index in [-0.39, 0.29) is 5.56 Å². The van der Waals surface area contributed by atoms with Gasteiger partial charge in [0.1, 0.15) is 0 Å². The number of methoxy groups -OCH3 is 2. The Kier molecular flexibility index (Phi) is 4.27. The lowest BCUT2D eigenvalue weighted by molar-refractivity contribution is 0.354. The molecular weight excluding hydrogens is 310 g/mol. The summed E-state index contributed by atoms with van der Waals surface area (Å²) in [5.74, 6) is 1.33. The molecule has 0 aliphatic heterocycles. The number of hydrogen-bond acceptors (Lipinski definition) is 3. The van der Waals surface area contributed by atoms with Crippen LogP contribution in [0.5, 0.6) is 11.5 Å². The minimum atomic E-state index is -0.0435. The Labute approximate surface area is 119 Å². The molecule has 0 N–H and O–H groups in total. The summed E-state index contributed by atoms with van der Waals surface area (Å²) in [5, 5.41) is 0. The van der Waals surface area contributed by atoms with Crippen LogP contribution in [0.1, 0.15) is 5.56 Å². The molecule has 1 aromatic heterocycles. The molecule has 0 unspecified atom stereocenters. The number of benzene rings is 1. The summed E-state index contributed by atoms with van der Waals surface area (Å²) < 4.78 is 12.9. The number of halogens is 1. The molecule has 0 atom stereocenters. The van der Waals surface area contributed by atoms with Crippen LogP contribution in [0.25, 0.3) is 0 Å². The van der Waals surface area contributed by atoms with Crippen molar-refractivity contribution in [1.82, 2.24) is 4.57 Å². The van der Waals surface area contributed by atoms with Gasteiger partial charge in [0.15, 0.2) is 11.5 Å². The maximum absolute atomic E-state index is 11.7. The molecule has 0 amide bonds. The van der Waals surface area contributed by atoms with Crippen molar-refractivity contribution in [1.29, 1.82) is 0 Å². The van der Waals surface area contributed by atoms with Crippen LogP contribution in [-0.4, -0.2) is 18.8 Å². The average molecular weight is 324 g/mol. The summed E-state index contributed by atoms with van der Waals surface area (Å²) in [6.45, 7) is 0.485. The molecule has 0 aliphatic rings. The Balaban J connectivity index is 2.33. The quantitative estimate of drug-likeness (QED) is 0.868. The van der Waals surface area contributed by atoms with Gasteiger partial charge in [-0.05, 0) is 39.7 Å². The van der Waals surface area contributed by atoms with Crippen molar-refractivity contribution in [3.05, 3.63) is 56.9 Å². The van der Waals surface area contributed by atoms with E-state index >= 15 is 0 Å². The topological polar surface area (TPSA) is 40.5 Å². The molecule has 5 heteroatoms. The Morgan fingerprint density at radius 3 is 2.53 bits per heavy atom.